The van der Waals surface area contributed by atoms with Crippen LogP contribution in [0.3, 0.4) is 0 Å². The topological polar surface area (TPSA) is 61.7 Å². The van der Waals surface area contributed by atoms with E-state index in [0.29, 0.717) is 5.89 Å². The Morgan fingerprint density at radius 1 is 0.725 bits per heavy atom. The minimum absolute atomic E-state index is 0. The molecule has 0 saturated carbocycles. The molecule has 0 spiro atoms. The van der Waals surface area contributed by atoms with Crippen molar-refractivity contribution in [3.8, 4) is 34.1 Å². The summed E-state index contributed by atoms with van der Waals surface area (Å²) in [6, 6.07) is 39.5. The molecule has 0 aliphatic carbocycles. The van der Waals surface area contributed by atoms with Crippen LogP contribution in [0, 0.1) is 12.1 Å². The second-order valence-corrected chi connectivity index (χ2v) is 9.28. The molecule has 8 rings (SSSR count). The fourth-order valence-electron chi connectivity index (χ4n) is 5.13. The molecule has 4 aromatic carbocycles. The smallest absolute Gasteiger partial charge is 0.481 e. The molecule has 0 unspecified atom stereocenters. The maximum Gasteiger partial charge on any atom is 2.00 e. The Morgan fingerprint density at radius 3 is 2.45 bits per heavy atom. The fraction of sp³-hybridized carbons (Fsp3) is 0. The first-order valence-electron chi connectivity index (χ1n) is 12.6. The van der Waals surface area contributed by atoms with Gasteiger partial charge >= 0.3 is 21.1 Å². The van der Waals surface area contributed by atoms with E-state index in [-0.39, 0.29) is 21.1 Å². The van der Waals surface area contributed by atoms with E-state index in [9.17, 15) is 0 Å². The van der Waals surface area contributed by atoms with E-state index in [4.69, 9.17) is 9.40 Å². The predicted octanol–water partition coefficient (Wildman–Crippen LogP) is 7.44. The number of rotatable bonds is 4. The first-order valence-corrected chi connectivity index (χ1v) is 12.6. The summed E-state index contributed by atoms with van der Waals surface area (Å²) in [6.45, 7) is 0. The van der Waals surface area contributed by atoms with Gasteiger partial charge in [0.25, 0.3) is 0 Å². The second-order valence-electron chi connectivity index (χ2n) is 9.28. The van der Waals surface area contributed by atoms with Gasteiger partial charge in [0.2, 0.25) is 0 Å². The van der Waals surface area contributed by atoms with Gasteiger partial charge in [-0.1, -0.05) is 59.5 Å². The van der Waals surface area contributed by atoms with Gasteiger partial charge in [-0.3, -0.25) is 9.67 Å². The molecule has 192 valence electrons. The van der Waals surface area contributed by atoms with Crippen molar-refractivity contribution >= 4 is 32.9 Å². The van der Waals surface area contributed by atoms with Crippen molar-refractivity contribution in [2.45, 2.75) is 0 Å². The van der Waals surface area contributed by atoms with Gasteiger partial charge in [0.15, 0.2) is 0 Å². The van der Waals surface area contributed by atoms with E-state index in [1.807, 2.05) is 65.5 Å². The monoisotopic (exact) mass is 696 g/mol. The standard InChI is InChI=1S/C33H19N5O.Pt/c1-3-11-30-26(8-1)27-14-13-22(33-36-29-10-2-4-12-32(29)39-33)20-31(27)38(30)25-19-23(28-9-5-6-15-34-28)18-24(21-25)37-17-7-16-35-37;/h1-18,21H;/q-2;+2. The van der Waals surface area contributed by atoms with Gasteiger partial charge in [0.05, 0.1) is 5.52 Å². The Kier molecular flexibility index (Phi) is 5.91. The van der Waals surface area contributed by atoms with Gasteiger partial charge in [-0.2, -0.15) is 5.10 Å². The Morgan fingerprint density at radius 2 is 1.60 bits per heavy atom. The molecule has 40 heavy (non-hydrogen) atoms. The summed E-state index contributed by atoms with van der Waals surface area (Å²) in [7, 11) is 0. The summed E-state index contributed by atoms with van der Waals surface area (Å²) in [5, 5.41) is 6.70. The summed E-state index contributed by atoms with van der Waals surface area (Å²) in [5.74, 6) is 0.540. The average Bonchev–Trinajstić information content (AvgIpc) is 3.75. The SMILES string of the molecule is [Pt+2].[c-]1c(-c2ccccn2)cc(-n2cccn2)cc1-n1c2[c-]c(-c3nc4ccccc4o3)ccc2c2ccccc21. The molecule has 0 fully saturated rings. The first-order chi connectivity index (χ1) is 19.3. The zero-order valence-electron chi connectivity index (χ0n) is 20.9. The molecule has 4 heterocycles. The normalized spacial score (nSPS) is 11.3. The molecule has 4 aromatic heterocycles. The Balaban J connectivity index is 0.00000264. The van der Waals surface area contributed by atoms with E-state index in [0.717, 1.165) is 61.1 Å². The van der Waals surface area contributed by atoms with Crippen molar-refractivity contribution in [1.29, 1.82) is 0 Å². The summed E-state index contributed by atoms with van der Waals surface area (Å²) in [4.78, 5) is 9.31. The molecule has 0 atom stereocenters. The van der Waals surface area contributed by atoms with Crippen molar-refractivity contribution in [2.75, 3.05) is 0 Å². The van der Waals surface area contributed by atoms with E-state index in [2.05, 4.69) is 69.2 Å². The van der Waals surface area contributed by atoms with Crippen molar-refractivity contribution in [2.24, 2.45) is 0 Å². The first kappa shape index (κ1) is 24.3. The summed E-state index contributed by atoms with van der Waals surface area (Å²) >= 11 is 0. The minimum atomic E-state index is 0. The van der Waals surface area contributed by atoms with Crippen LogP contribution in [-0.4, -0.2) is 24.3 Å². The van der Waals surface area contributed by atoms with Gasteiger partial charge in [0, 0.05) is 24.1 Å². The van der Waals surface area contributed by atoms with Gasteiger partial charge in [-0.15, -0.1) is 35.9 Å². The predicted molar refractivity (Wildman–Crippen MR) is 152 cm³/mol. The number of pyridine rings is 1. The van der Waals surface area contributed by atoms with Crippen LogP contribution in [0.2, 0.25) is 0 Å². The molecular weight excluding hydrogens is 677 g/mol. The average molecular weight is 697 g/mol. The largest absolute Gasteiger partial charge is 2.00 e. The molecular formula is C33H19N5OPt. The molecule has 0 N–H and O–H groups in total. The number of aromatic nitrogens is 5. The molecule has 8 aromatic rings. The maximum absolute atomic E-state index is 6.09. The van der Waals surface area contributed by atoms with Crippen LogP contribution in [0.1, 0.15) is 0 Å². The van der Waals surface area contributed by atoms with Crippen LogP contribution in [-0.2, 0) is 21.1 Å². The minimum Gasteiger partial charge on any atom is -0.481 e. The second kappa shape index (κ2) is 9.74. The Labute approximate surface area is 243 Å². The third-order valence-electron chi connectivity index (χ3n) is 6.90. The Bertz CT molecular complexity index is 2090. The van der Waals surface area contributed by atoms with Gasteiger partial charge in [-0.25, -0.2) is 0 Å². The van der Waals surface area contributed by atoms with Crippen molar-refractivity contribution in [3.05, 3.63) is 128 Å². The summed E-state index contributed by atoms with van der Waals surface area (Å²) in [5.41, 5.74) is 7.82. The third kappa shape index (κ3) is 3.96. The van der Waals surface area contributed by atoms with Crippen molar-refractivity contribution < 1.29 is 25.5 Å². The van der Waals surface area contributed by atoms with Gasteiger partial charge < -0.3 is 14.0 Å². The van der Waals surface area contributed by atoms with Crippen molar-refractivity contribution in [1.82, 2.24) is 24.3 Å². The molecule has 0 bridgehead atoms. The third-order valence-corrected chi connectivity index (χ3v) is 6.90. The van der Waals surface area contributed by atoms with Crippen LogP contribution >= 0.6 is 0 Å². The molecule has 0 aliphatic rings. The van der Waals surface area contributed by atoms with Crippen LogP contribution in [0.15, 0.2) is 120 Å². The number of fused-ring (bicyclic) bond motifs is 4. The Hall–Kier alpha value is -4.80. The van der Waals surface area contributed by atoms with Crippen molar-refractivity contribution in [3.63, 3.8) is 0 Å². The van der Waals surface area contributed by atoms with Crippen LogP contribution < -0.4 is 0 Å². The molecule has 0 saturated heterocycles. The summed E-state index contributed by atoms with van der Waals surface area (Å²) in [6.07, 6.45) is 5.51. The number of nitrogens with zero attached hydrogens (tertiary/aromatic N) is 5. The molecule has 0 amide bonds. The number of hydrogen-bond acceptors (Lipinski definition) is 4. The van der Waals surface area contributed by atoms with E-state index >= 15 is 0 Å². The summed E-state index contributed by atoms with van der Waals surface area (Å²) < 4.78 is 10.1. The van der Waals surface area contributed by atoms with E-state index < -0.39 is 0 Å². The molecule has 6 nitrogen and oxygen atoms in total. The molecule has 0 aliphatic heterocycles. The number of para-hydroxylation sites is 3. The zero-order chi connectivity index (χ0) is 25.8. The molecule has 7 heteroatoms. The fourth-order valence-corrected chi connectivity index (χ4v) is 5.13. The quantitative estimate of drug-likeness (QED) is 0.180. The maximum atomic E-state index is 6.09. The molecule has 0 radical (unpaired) electrons. The van der Waals surface area contributed by atoms with Crippen LogP contribution in [0.25, 0.3) is 67.0 Å². The zero-order valence-corrected chi connectivity index (χ0v) is 23.2. The van der Waals surface area contributed by atoms with E-state index in [1.165, 1.54) is 0 Å². The van der Waals surface area contributed by atoms with Crippen LogP contribution in [0.5, 0.6) is 0 Å². The number of benzene rings is 4. The van der Waals surface area contributed by atoms with Crippen LogP contribution in [0.4, 0.5) is 0 Å². The van der Waals surface area contributed by atoms with Gasteiger partial charge in [0.1, 0.15) is 11.5 Å². The van der Waals surface area contributed by atoms with Gasteiger partial charge in [-0.05, 0) is 58.3 Å². The van der Waals surface area contributed by atoms with E-state index in [1.54, 1.807) is 12.4 Å². The number of hydrogen-bond donors (Lipinski definition) is 0. The number of oxazole rings is 1.